The molecule has 1 amide bonds. The lowest BCUT2D eigenvalue weighted by atomic mass is 10.2. The Labute approximate surface area is 157 Å². The summed E-state index contributed by atoms with van der Waals surface area (Å²) in [5, 5.41) is 2.89. The summed E-state index contributed by atoms with van der Waals surface area (Å²) in [6.45, 7) is 1.86. The van der Waals surface area contributed by atoms with Crippen LogP contribution in [0.4, 0.5) is 11.6 Å². The maximum absolute atomic E-state index is 12.7. The Morgan fingerprint density at radius 1 is 0.963 bits per heavy atom. The van der Waals surface area contributed by atoms with Crippen LogP contribution in [0.5, 0.6) is 11.5 Å². The van der Waals surface area contributed by atoms with Crippen molar-refractivity contribution in [2.24, 2.45) is 0 Å². The maximum Gasteiger partial charge on any atom is 0.274 e. The number of nitrogens with one attached hydrogen (secondary N) is 1. The summed E-state index contributed by atoms with van der Waals surface area (Å²) in [6.07, 6.45) is 3.88. The van der Waals surface area contributed by atoms with E-state index in [0.29, 0.717) is 28.8 Å². The Balaban J connectivity index is 1.52. The first-order valence-corrected chi connectivity index (χ1v) is 9.01. The van der Waals surface area contributed by atoms with Crippen LogP contribution in [0.25, 0.3) is 0 Å². The third-order valence-electron chi connectivity index (χ3n) is 4.37. The highest BCUT2D eigenvalue weighted by atomic mass is 16.5. The minimum Gasteiger partial charge on any atom is -0.455 e. The van der Waals surface area contributed by atoms with Gasteiger partial charge in [0.25, 0.3) is 5.91 Å². The summed E-state index contributed by atoms with van der Waals surface area (Å²) in [5.41, 5.74) is 0.925. The van der Waals surface area contributed by atoms with E-state index < -0.39 is 0 Å². The molecule has 1 fully saturated rings. The van der Waals surface area contributed by atoms with Gasteiger partial charge in [0, 0.05) is 19.3 Å². The number of rotatable bonds is 5. The largest absolute Gasteiger partial charge is 0.455 e. The van der Waals surface area contributed by atoms with Gasteiger partial charge in [0.2, 0.25) is 5.95 Å². The zero-order valence-corrected chi connectivity index (χ0v) is 14.8. The fraction of sp³-hybridized carbons (Fsp3) is 0.190. The van der Waals surface area contributed by atoms with Crippen molar-refractivity contribution in [3.8, 4) is 11.5 Å². The molecule has 3 aromatic rings. The fourth-order valence-corrected chi connectivity index (χ4v) is 3.01. The molecule has 1 N–H and O–H groups in total. The zero-order chi connectivity index (χ0) is 18.5. The summed E-state index contributed by atoms with van der Waals surface area (Å²) in [6, 6.07) is 18.4. The molecule has 27 heavy (non-hydrogen) atoms. The molecular weight excluding hydrogens is 340 g/mol. The standard InChI is InChI=1S/C21H20N4O2/c26-20(18-12-13-22-21(24-18)25-14-6-7-15-25)23-17-10-4-5-11-19(17)27-16-8-2-1-3-9-16/h1-5,8-13H,6-7,14-15H2,(H,23,26). The van der Waals surface area contributed by atoms with Crippen molar-refractivity contribution in [3.05, 3.63) is 72.6 Å². The Bertz CT molecular complexity index is 924. The van der Waals surface area contributed by atoms with Gasteiger partial charge in [-0.15, -0.1) is 0 Å². The van der Waals surface area contributed by atoms with Gasteiger partial charge >= 0.3 is 0 Å². The number of amides is 1. The van der Waals surface area contributed by atoms with Gasteiger partial charge in [-0.25, -0.2) is 9.97 Å². The van der Waals surface area contributed by atoms with Crippen LogP contribution in [0.3, 0.4) is 0 Å². The van der Waals surface area contributed by atoms with Crippen molar-refractivity contribution in [2.75, 3.05) is 23.3 Å². The molecule has 4 rings (SSSR count). The van der Waals surface area contributed by atoms with Crippen molar-refractivity contribution >= 4 is 17.5 Å². The number of hydrogen-bond acceptors (Lipinski definition) is 5. The SMILES string of the molecule is O=C(Nc1ccccc1Oc1ccccc1)c1ccnc(N2CCCC2)n1. The molecule has 1 aromatic heterocycles. The van der Waals surface area contributed by atoms with Crippen LogP contribution in [0.15, 0.2) is 66.9 Å². The van der Waals surface area contributed by atoms with Crippen LogP contribution in [-0.2, 0) is 0 Å². The summed E-state index contributed by atoms with van der Waals surface area (Å²) < 4.78 is 5.90. The molecule has 0 unspecified atom stereocenters. The van der Waals surface area contributed by atoms with Gasteiger partial charge in [0.05, 0.1) is 5.69 Å². The number of ether oxygens (including phenoxy) is 1. The molecule has 0 saturated carbocycles. The lowest BCUT2D eigenvalue weighted by Crippen LogP contribution is -2.22. The Morgan fingerprint density at radius 2 is 1.70 bits per heavy atom. The second-order valence-electron chi connectivity index (χ2n) is 6.30. The Kier molecular flexibility index (Phi) is 4.96. The average molecular weight is 360 g/mol. The molecule has 2 heterocycles. The summed E-state index contributed by atoms with van der Waals surface area (Å²) in [7, 11) is 0. The fourth-order valence-electron chi connectivity index (χ4n) is 3.01. The minimum atomic E-state index is -0.290. The first-order chi connectivity index (χ1) is 13.3. The molecule has 1 aliphatic heterocycles. The molecule has 6 nitrogen and oxygen atoms in total. The van der Waals surface area contributed by atoms with E-state index in [2.05, 4.69) is 20.2 Å². The third kappa shape index (κ3) is 4.06. The number of anilines is 2. The topological polar surface area (TPSA) is 67.3 Å². The molecule has 136 valence electrons. The van der Waals surface area contributed by atoms with Gasteiger partial charge in [-0.3, -0.25) is 4.79 Å². The number of nitrogens with zero attached hydrogens (tertiary/aromatic N) is 3. The molecule has 1 saturated heterocycles. The molecule has 1 aliphatic rings. The van der Waals surface area contributed by atoms with E-state index in [4.69, 9.17) is 4.74 Å². The van der Waals surface area contributed by atoms with Gasteiger partial charge in [-0.1, -0.05) is 30.3 Å². The number of hydrogen-bond donors (Lipinski definition) is 1. The lowest BCUT2D eigenvalue weighted by molar-refractivity contribution is 0.102. The molecule has 0 spiro atoms. The van der Waals surface area contributed by atoms with Crippen LogP contribution in [0.1, 0.15) is 23.3 Å². The van der Waals surface area contributed by atoms with Crippen molar-refractivity contribution < 1.29 is 9.53 Å². The van der Waals surface area contributed by atoms with Crippen molar-refractivity contribution in [1.29, 1.82) is 0 Å². The van der Waals surface area contributed by atoms with Crippen LogP contribution in [0, 0.1) is 0 Å². The highest BCUT2D eigenvalue weighted by Gasteiger charge is 2.17. The van der Waals surface area contributed by atoms with E-state index in [1.807, 2.05) is 48.5 Å². The van der Waals surface area contributed by atoms with E-state index >= 15 is 0 Å². The second-order valence-corrected chi connectivity index (χ2v) is 6.30. The molecule has 0 atom stereocenters. The molecule has 0 aliphatic carbocycles. The summed E-state index contributed by atoms with van der Waals surface area (Å²) in [5.74, 6) is 1.60. The van der Waals surface area contributed by atoms with Crippen molar-refractivity contribution in [1.82, 2.24) is 9.97 Å². The number of aromatic nitrogens is 2. The molecular formula is C21H20N4O2. The lowest BCUT2D eigenvalue weighted by Gasteiger charge is -2.15. The first kappa shape index (κ1) is 17.0. The van der Waals surface area contributed by atoms with Gasteiger partial charge < -0.3 is 15.0 Å². The van der Waals surface area contributed by atoms with Crippen LogP contribution < -0.4 is 15.0 Å². The van der Waals surface area contributed by atoms with Gasteiger partial charge in [0.1, 0.15) is 11.4 Å². The first-order valence-electron chi connectivity index (χ1n) is 9.01. The van der Waals surface area contributed by atoms with E-state index in [0.717, 1.165) is 25.9 Å². The summed E-state index contributed by atoms with van der Waals surface area (Å²) >= 11 is 0. The molecule has 0 radical (unpaired) electrons. The Morgan fingerprint density at radius 3 is 2.52 bits per heavy atom. The average Bonchev–Trinajstić information content (AvgIpc) is 3.25. The van der Waals surface area contributed by atoms with Gasteiger partial charge in [-0.2, -0.15) is 0 Å². The van der Waals surface area contributed by atoms with E-state index in [1.54, 1.807) is 18.3 Å². The maximum atomic E-state index is 12.7. The normalized spacial score (nSPS) is 13.4. The zero-order valence-electron chi connectivity index (χ0n) is 14.8. The smallest absolute Gasteiger partial charge is 0.274 e. The molecule has 6 heteroatoms. The monoisotopic (exact) mass is 360 g/mol. The Hall–Kier alpha value is -3.41. The quantitative estimate of drug-likeness (QED) is 0.741. The molecule has 2 aromatic carbocycles. The van der Waals surface area contributed by atoms with Gasteiger partial charge in [-0.05, 0) is 43.2 Å². The molecule has 0 bridgehead atoms. The van der Waals surface area contributed by atoms with E-state index in [1.165, 1.54) is 0 Å². The number of carbonyl (C=O) groups excluding carboxylic acids is 1. The number of para-hydroxylation sites is 3. The second kappa shape index (κ2) is 7.86. The number of carbonyl (C=O) groups is 1. The minimum absolute atomic E-state index is 0.290. The van der Waals surface area contributed by atoms with Gasteiger partial charge in [0.15, 0.2) is 5.75 Å². The highest BCUT2D eigenvalue weighted by Crippen LogP contribution is 2.29. The van der Waals surface area contributed by atoms with Crippen molar-refractivity contribution in [3.63, 3.8) is 0 Å². The van der Waals surface area contributed by atoms with E-state index in [-0.39, 0.29) is 5.91 Å². The van der Waals surface area contributed by atoms with Crippen LogP contribution in [0.2, 0.25) is 0 Å². The third-order valence-corrected chi connectivity index (χ3v) is 4.37. The van der Waals surface area contributed by atoms with Crippen LogP contribution in [-0.4, -0.2) is 29.0 Å². The highest BCUT2D eigenvalue weighted by molar-refractivity contribution is 6.03. The number of benzene rings is 2. The predicted molar refractivity (Wildman–Crippen MR) is 104 cm³/mol. The van der Waals surface area contributed by atoms with Crippen LogP contribution >= 0.6 is 0 Å². The summed E-state index contributed by atoms with van der Waals surface area (Å²) in [4.78, 5) is 23.5. The predicted octanol–water partition coefficient (Wildman–Crippen LogP) is 4.12. The van der Waals surface area contributed by atoms with Crippen molar-refractivity contribution in [2.45, 2.75) is 12.8 Å². The van der Waals surface area contributed by atoms with E-state index in [9.17, 15) is 4.79 Å².